The van der Waals surface area contributed by atoms with Gasteiger partial charge in [0, 0.05) is 32.0 Å². The van der Waals surface area contributed by atoms with E-state index in [4.69, 9.17) is 15.2 Å². The minimum Gasteiger partial charge on any atom is -0.481 e. The first-order valence-corrected chi connectivity index (χ1v) is 19.1. The number of ketones is 1. The summed E-state index contributed by atoms with van der Waals surface area (Å²) in [5.74, 6) is 0.468. The summed E-state index contributed by atoms with van der Waals surface area (Å²) >= 11 is 2.61. The smallest absolute Gasteiger partial charge is 0.233 e. The van der Waals surface area contributed by atoms with Gasteiger partial charge in [-0.3, -0.25) is 9.59 Å². The molecule has 2 atom stereocenters. The van der Waals surface area contributed by atoms with Crippen LogP contribution < -0.4 is 25.4 Å². The second kappa shape index (κ2) is 13.8. The number of thiazole rings is 2. The zero-order valence-corrected chi connectivity index (χ0v) is 30.3. The topological polar surface area (TPSA) is 180 Å². The SMILES string of the molecule is COc1ccc2nc(N)sc2n1.COc1ccc2nc(NC(=O)C(C[C@H]3CCC(=O)C3)c3ccc4c(c3)N(C)c3ccccc3S4(=O)=O)sc2n1. The van der Waals surface area contributed by atoms with E-state index < -0.39 is 15.8 Å². The Labute approximate surface area is 301 Å². The molecule has 51 heavy (non-hydrogen) atoms. The third kappa shape index (κ3) is 6.81. The Balaban J connectivity index is 0.000000285. The quantitative estimate of drug-likeness (QED) is 0.185. The lowest BCUT2D eigenvalue weighted by molar-refractivity contribution is -0.119. The van der Waals surface area contributed by atoms with Crippen molar-refractivity contribution in [3.63, 3.8) is 0 Å². The van der Waals surface area contributed by atoms with Crippen LogP contribution in [0.3, 0.4) is 0 Å². The number of sulfone groups is 1. The molecule has 0 bridgehead atoms. The molecule has 8 rings (SSSR count). The lowest BCUT2D eigenvalue weighted by Crippen LogP contribution is -2.25. The third-order valence-corrected chi connectivity index (χ3v) is 12.4. The van der Waals surface area contributed by atoms with Gasteiger partial charge >= 0.3 is 0 Å². The number of hydrogen-bond donors (Lipinski definition) is 2. The molecule has 13 nitrogen and oxygen atoms in total. The molecule has 0 radical (unpaired) electrons. The van der Waals surface area contributed by atoms with Gasteiger partial charge in [-0.1, -0.05) is 40.9 Å². The Morgan fingerprint density at radius 1 is 0.922 bits per heavy atom. The van der Waals surface area contributed by atoms with Crippen LogP contribution in [0.4, 0.5) is 21.6 Å². The molecule has 1 aliphatic heterocycles. The summed E-state index contributed by atoms with van der Waals surface area (Å²) in [4.78, 5) is 46.6. The van der Waals surface area contributed by atoms with Crippen LogP contribution in [0.2, 0.25) is 0 Å². The maximum atomic E-state index is 13.8. The van der Waals surface area contributed by atoms with Crippen molar-refractivity contribution < 1.29 is 27.5 Å². The summed E-state index contributed by atoms with van der Waals surface area (Å²) in [6.07, 6.45) is 2.17. The molecule has 6 aromatic rings. The number of methoxy groups -OCH3 is 2. The van der Waals surface area contributed by atoms with Gasteiger partial charge in [0.1, 0.15) is 26.5 Å². The summed E-state index contributed by atoms with van der Waals surface area (Å²) in [5, 5.41) is 3.89. The number of Topliss-reactive ketones (excluding diaryl/α,β-unsaturated/α-hetero) is 1. The van der Waals surface area contributed by atoms with E-state index in [0.717, 1.165) is 16.8 Å². The van der Waals surface area contributed by atoms with Crippen molar-refractivity contribution in [1.82, 2.24) is 19.9 Å². The number of para-hydroxylation sites is 1. The summed E-state index contributed by atoms with van der Waals surface area (Å²) in [5.41, 5.74) is 8.76. The number of pyridine rings is 2. The van der Waals surface area contributed by atoms with Crippen molar-refractivity contribution in [2.75, 3.05) is 37.2 Å². The Morgan fingerprint density at radius 3 is 2.27 bits per heavy atom. The van der Waals surface area contributed by atoms with Crippen LogP contribution in [0, 0.1) is 5.92 Å². The van der Waals surface area contributed by atoms with Gasteiger partial charge in [0.05, 0.1) is 41.3 Å². The molecule has 3 N–H and O–H groups in total. The number of nitrogen functional groups attached to an aromatic ring is 1. The van der Waals surface area contributed by atoms with Crippen LogP contribution in [-0.2, 0) is 19.4 Å². The van der Waals surface area contributed by atoms with Gasteiger partial charge in [0.25, 0.3) is 0 Å². The molecule has 1 saturated carbocycles. The van der Waals surface area contributed by atoms with E-state index >= 15 is 0 Å². The van der Waals surface area contributed by atoms with Gasteiger partial charge in [0.15, 0.2) is 10.3 Å². The number of carbonyl (C=O) groups is 2. The first kappa shape index (κ1) is 34.3. The van der Waals surface area contributed by atoms with Gasteiger partial charge in [0.2, 0.25) is 27.5 Å². The number of rotatable bonds is 7. The predicted octanol–water partition coefficient (Wildman–Crippen LogP) is 6.38. The highest BCUT2D eigenvalue weighted by Crippen LogP contribution is 2.45. The molecular weight excluding hydrogens is 711 g/mol. The fraction of sp³-hybridized carbons (Fsp3) is 0.257. The average Bonchev–Trinajstić information content (AvgIpc) is 3.85. The van der Waals surface area contributed by atoms with Crippen LogP contribution in [0.15, 0.2) is 76.5 Å². The Bertz CT molecular complexity index is 2410. The second-order valence-electron chi connectivity index (χ2n) is 12.1. The first-order valence-electron chi connectivity index (χ1n) is 16.0. The standard InChI is InChI=1S/C28H26N4O5S2.C7H7N3OS/c1-32-21-5-3-4-6-23(21)39(35,36)24-11-8-17(15-22(24)32)19(14-16-7-9-18(33)13-16)26(34)31-28-29-20-10-12-25(37-2)30-27(20)38-28;1-11-5-3-2-4-6(10-5)12-7(8)9-4/h3-6,8,10-12,15-16,19H,7,9,13-14H2,1-2H3,(H,29,31,34);2-3H,1H3,(H2,8,9)/t16-,19?;/m0./s1. The summed E-state index contributed by atoms with van der Waals surface area (Å²) in [6.45, 7) is 0. The number of ether oxygens (including phenoxy) is 2. The number of carbonyl (C=O) groups excluding carboxylic acids is 2. The molecule has 16 heteroatoms. The van der Waals surface area contributed by atoms with Gasteiger partial charge in [-0.15, -0.1) is 0 Å². The molecule has 1 unspecified atom stereocenters. The van der Waals surface area contributed by atoms with Crippen LogP contribution in [-0.4, -0.2) is 61.3 Å². The minimum atomic E-state index is -3.71. The number of anilines is 4. The van der Waals surface area contributed by atoms with Crippen molar-refractivity contribution in [3.05, 3.63) is 72.3 Å². The van der Waals surface area contributed by atoms with Crippen molar-refractivity contribution in [2.24, 2.45) is 5.92 Å². The normalized spacial score (nSPS) is 16.6. The molecule has 0 spiro atoms. The molecule has 1 amide bonds. The molecule has 1 fully saturated rings. The fourth-order valence-corrected chi connectivity index (χ4v) is 9.58. The number of benzene rings is 2. The molecule has 0 saturated heterocycles. The van der Waals surface area contributed by atoms with Gasteiger partial charge < -0.3 is 25.4 Å². The molecule has 5 heterocycles. The van der Waals surface area contributed by atoms with Crippen molar-refractivity contribution in [1.29, 1.82) is 0 Å². The van der Waals surface area contributed by atoms with Gasteiger partial charge in [-0.25, -0.2) is 28.4 Å². The second-order valence-corrected chi connectivity index (χ2v) is 16.0. The maximum Gasteiger partial charge on any atom is 0.233 e. The fourth-order valence-electron chi connectivity index (χ4n) is 6.36. The molecular formula is C35H33N7O6S3. The van der Waals surface area contributed by atoms with E-state index in [2.05, 4.69) is 25.3 Å². The molecule has 2 aromatic carbocycles. The van der Waals surface area contributed by atoms with Crippen LogP contribution in [0.5, 0.6) is 11.8 Å². The number of nitrogens with zero attached hydrogens (tertiary/aromatic N) is 5. The van der Waals surface area contributed by atoms with Gasteiger partial charge in [-0.2, -0.15) is 0 Å². The number of aromatic nitrogens is 4. The van der Waals surface area contributed by atoms with E-state index in [-0.39, 0.29) is 27.4 Å². The minimum absolute atomic E-state index is 0.0766. The van der Waals surface area contributed by atoms with Crippen molar-refractivity contribution in [3.8, 4) is 11.8 Å². The number of nitrogens with two attached hydrogens (primary N) is 1. The highest BCUT2D eigenvalue weighted by molar-refractivity contribution is 7.92. The highest BCUT2D eigenvalue weighted by atomic mass is 32.2. The van der Waals surface area contributed by atoms with E-state index in [0.29, 0.717) is 68.6 Å². The number of nitrogens with one attached hydrogen (secondary N) is 1. The zero-order chi connectivity index (χ0) is 35.9. The molecule has 2 aliphatic rings. The predicted molar refractivity (Wildman–Crippen MR) is 197 cm³/mol. The van der Waals surface area contributed by atoms with E-state index in [1.54, 1.807) is 67.8 Å². The van der Waals surface area contributed by atoms with Crippen LogP contribution in [0.25, 0.3) is 20.7 Å². The average molecular weight is 744 g/mol. The zero-order valence-electron chi connectivity index (χ0n) is 27.8. The largest absolute Gasteiger partial charge is 0.481 e. The van der Waals surface area contributed by atoms with Crippen LogP contribution >= 0.6 is 22.7 Å². The number of fused-ring (bicyclic) bond motifs is 4. The maximum absolute atomic E-state index is 13.8. The van der Waals surface area contributed by atoms with Crippen molar-refractivity contribution in [2.45, 2.75) is 41.4 Å². The van der Waals surface area contributed by atoms with E-state index in [9.17, 15) is 18.0 Å². The number of amides is 1. The monoisotopic (exact) mass is 743 g/mol. The van der Waals surface area contributed by atoms with Gasteiger partial charge in [-0.05, 0) is 60.7 Å². The lowest BCUT2D eigenvalue weighted by atomic mass is 9.87. The highest BCUT2D eigenvalue weighted by Gasteiger charge is 2.35. The lowest BCUT2D eigenvalue weighted by Gasteiger charge is -2.31. The summed E-state index contributed by atoms with van der Waals surface area (Å²) in [6, 6.07) is 19.1. The first-order chi connectivity index (χ1) is 24.5. The summed E-state index contributed by atoms with van der Waals surface area (Å²) in [7, 11) is 1.23. The Hall–Kier alpha value is -5.19. The molecule has 4 aromatic heterocycles. The Kier molecular flexibility index (Phi) is 9.30. The Morgan fingerprint density at radius 2 is 1.59 bits per heavy atom. The molecule has 1 aliphatic carbocycles. The third-order valence-electron chi connectivity index (χ3n) is 8.91. The number of hydrogen-bond acceptors (Lipinski definition) is 14. The van der Waals surface area contributed by atoms with E-state index in [1.165, 1.54) is 29.8 Å². The van der Waals surface area contributed by atoms with Crippen LogP contribution in [0.1, 0.15) is 37.2 Å². The van der Waals surface area contributed by atoms with Crippen molar-refractivity contribution >= 4 is 86.5 Å². The summed E-state index contributed by atoms with van der Waals surface area (Å²) < 4.78 is 36.9. The van der Waals surface area contributed by atoms with E-state index in [1.807, 2.05) is 18.0 Å². The molecule has 262 valence electrons.